The molecule has 2 aromatic carbocycles. The number of carbonyl (C=O) groups excluding carboxylic acids is 1. The molecule has 148 valence electrons. The molecule has 0 saturated heterocycles. The van der Waals surface area contributed by atoms with E-state index in [1.54, 1.807) is 50.7 Å². The number of nitro groups is 1. The Bertz CT molecular complexity index is 1010. The molecule has 29 heavy (non-hydrogen) atoms. The minimum atomic E-state index is -0.506. The number of nitro benzene ring substituents is 1. The summed E-state index contributed by atoms with van der Waals surface area (Å²) in [5, 5.41) is 10.9. The number of non-ortho nitro benzene ring substituents is 1. The number of carbonyl (C=O) groups is 1. The molecular weight excluding hydrogens is 374 g/mol. The first kappa shape index (κ1) is 19.8. The number of amides is 1. The fourth-order valence-electron chi connectivity index (χ4n) is 2.81. The zero-order valence-corrected chi connectivity index (χ0v) is 15.9. The highest BCUT2D eigenvalue weighted by atomic mass is 16.6. The first-order valence-electron chi connectivity index (χ1n) is 8.71. The van der Waals surface area contributed by atoms with Crippen molar-refractivity contribution in [1.29, 1.82) is 0 Å². The van der Waals surface area contributed by atoms with Crippen LogP contribution in [0.4, 0.5) is 11.5 Å². The van der Waals surface area contributed by atoms with Crippen LogP contribution in [0.15, 0.2) is 66.9 Å². The number of aromatic nitrogens is 1. The predicted octanol–water partition coefficient (Wildman–Crippen LogP) is 3.85. The van der Waals surface area contributed by atoms with Gasteiger partial charge in [0.25, 0.3) is 11.6 Å². The molecule has 0 aliphatic carbocycles. The van der Waals surface area contributed by atoms with E-state index in [-0.39, 0.29) is 18.1 Å². The van der Waals surface area contributed by atoms with Crippen molar-refractivity contribution in [1.82, 2.24) is 4.98 Å². The Morgan fingerprint density at radius 1 is 1.03 bits per heavy atom. The second kappa shape index (κ2) is 8.83. The van der Waals surface area contributed by atoms with E-state index in [4.69, 9.17) is 9.47 Å². The van der Waals surface area contributed by atoms with Crippen LogP contribution in [0.3, 0.4) is 0 Å². The van der Waals surface area contributed by atoms with Crippen molar-refractivity contribution in [3.63, 3.8) is 0 Å². The molecule has 0 N–H and O–H groups in total. The van der Waals surface area contributed by atoms with Crippen LogP contribution in [-0.2, 0) is 6.54 Å². The summed E-state index contributed by atoms with van der Waals surface area (Å²) in [6.07, 6.45) is 1.60. The molecule has 8 heteroatoms. The van der Waals surface area contributed by atoms with Crippen molar-refractivity contribution < 1.29 is 19.2 Å². The average Bonchev–Trinajstić information content (AvgIpc) is 2.77. The van der Waals surface area contributed by atoms with Crippen LogP contribution in [0.1, 0.15) is 15.9 Å². The number of ether oxygens (including phenoxy) is 2. The van der Waals surface area contributed by atoms with E-state index in [1.807, 2.05) is 6.07 Å². The molecule has 0 aliphatic rings. The summed E-state index contributed by atoms with van der Waals surface area (Å²) in [5.74, 6) is 1.27. The molecule has 0 spiro atoms. The SMILES string of the molecule is COc1ccc(CN(C(=O)c2ccc([N+](=O)[O-])cc2)c2ccccn2)cc1OC. The van der Waals surface area contributed by atoms with Gasteiger partial charge in [0.05, 0.1) is 25.7 Å². The number of nitrogens with zero attached hydrogens (tertiary/aromatic N) is 3. The first-order chi connectivity index (χ1) is 14.0. The van der Waals surface area contributed by atoms with Gasteiger partial charge >= 0.3 is 0 Å². The molecule has 0 unspecified atom stereocenters. The molecule has 0 fully saturated rings. The van der Waals surface area contributed by atoms with Gasteiger partial charge in [0.1, 0.15) is 5.82 Å². The monoisotopic (exact) mass is 393 g/mol. The largest absolute Gasteiger partial charge is 0.493 e. The quantitative estimate of drug-likeness (QED) is 0.447. The van der Waals surface area contributed by atoms with Gasteiger partial charge in [-0.1, -0.05) is 12.1 Å². The standard InChI is InChI=1S/C21H19N3O5/c1-28-18-11-6-15(13-19(18)29-2)14-23(20-5-3-4-12-22-20)21(25)16-7-9-17(10-8-16)24(26)27/h3-13H,14H2,1-2H3. The van der Waals surface area contributed by atoms with Crippen LogP contribution in [-0.4, -0.2) is 30.0 Å². The minimum Gasteiger partial charge on any atom is -0.493 e. The van der Waals surface area contributed by atoms with Crippen LogP contribution < -0.4 is 14.4 Å². The van der Waals surface area contributed by atoms with Gasteiger partial charge in [-0.05, 0) is 42.0 Å². The molecule has 3 aromatic rings. The summed E-state index contributed by atoms with van der Waals surface area (Å²) in [5.41, 5.74) is 1.05. The van der Waals surface area contributed by atoms with E-state index in [0.29, 0.717) is 22.9 Å². The Morgan fingerprint density at radius 2 is 1.76 bits per heavy atom. The fourth-order valence-corrected chi connectivity index (χ4v) is 2.81. The lowest BCUT2D eigenvalue weighted by atomic mass is 10.1. The zero-order valence-electron chi connectivity index (χ0n) is 15.9. The second-order valence-electron chi connectivity index (χ2n) is 6.07. The molecule has 0 aliphatic heterocycles. The summed E-state index contributed by atoms with van der Waals surface area (Å²) in [4.78, 5) is 29.3. The third kappa shape index (κ3) is 4.49. The molecule has 1 aromatic heterocycles. The van der Waals surface area contributed by atoms with E-state index in [2.05, 4.69) is 4.98 Å². The highest BCUT2D eigenvalue weighted by molar-refractivity contribution is 6.05. The fraction of sp³-hybridized carbons (Fsp3) is 0.143. The lowest BCUT2D eigenvalue weighted by Crippen LogP contribution is -2.31. The maximum atomic E-state index is 13.2. The Labute approximate surface area is 167 Å². The van der Waals surface area contributed by atoms with Gasteiger partial charge in [-0.15, -0.1) is 0 Å². The van der Waals surface area contributed by atoms with E-state index < -0.39 is 4.92 Å². The van der Waals surface area contributed by atoms with Crippen LogP contribution in [0.25, 0.3) is 0 Å². The van der Waals surface area contributed by atoms with E-state index >= 15 is 0 Å². The smallest absolute Gasteiger partial charge is 0.269 e. The topological polar surface area (TPSA) is 94.8 Å². The van der Waals surface area contributed by atoms with Gasteiger partial charge in [0.15, 0.2) is 11.5 Å². The molecule has 8 nitrogen and oxygen atoms in total. The van der Waals surface area contributed by atoms with Crippen molar-refractivity contribution >= 4 is 17.4 Å². The molecule has 0 saturated carbocycles. The van der Waals surface area contributed by atoms with Gasteiger partial charge in [-0.25, -0.2) is 4.98 Å². The molecule has 1 amide bonds. The molecular formula is C21H19N3O5. The number of methoxy groups -OCH3 is 2. The van der Waals surface area contributed by atoms with Crippen LogP contribution >= 0.6 is 0 Å². The Morgan fingerprint density at radius 3 is 2.34 bits per heavy atom. The Balaban J connectivity index is 1.95. The van der Waals surface area contributed by atoms with Gasteiger partial charge < -0.3 is 9.47 Å². The third-order valence-corrected chi connectivity index (χ3v) is 4.28. The lowest BCUT2D eigenvalue weighted by Gasteiger charge is -2.22. The average molecular weight is 393 g/mol. The van der Waals surface area contributed by atoms with Crippen molar-refractivity contribution in [2.24, 2.45) is 0 Å². The first-order valence-corrected chi connectivity index (χ1v) is 8.71. The molecule has 0 bridgehead atoms. The summed E-state index contributed by atoms with van der Waals surface area (Å²) >= 11 is 0. The number of anilines is 1. The van der Waals surface area contributed by atoms with E-state index in [0.717, 1.165) is 5.56 Å². The third-order valence-electron chi connectivity index (χ3n) is 4.28. The van der Waals surface area contributed by atoms with Gasteiger partial charge in [-0.3, -0.25) is 19.8 Å². The zero-order chi connectivity index (χ0) is 20.8. The van der Waals surface area contributed by atoms with Gasteiger partial charge in [-0.2, -0.15) is 0 Å². The van der Waals surface area contributed by atoms with E-state index in [9.17, 15) is 14.9 Å². The highest BCUT2D eigenvalue weighted by Gasteiger charge is 2.21. The van der Waals surface area contributed by atoms with Crippen molar-refractivity contribution in [3.05, 3.63) is 88.1 Å². The molecule has 0 radical (unpaired) electrons. The summed E-state index contributed by atoms with van der Waals surface area (Å²) in [6, 6.07) is 16.1. The number of rotatable bonds is 7. The second-order valence-corrected chi connectivity index (χ2v) is 6.07. The Kier molecular flexibility index (Phi) is 6.03. The number of pyridine rings is 1. The van der Waals surface area contributed by atoms with Crippen molar-refractivity contribution in [2.45, 2.75) is 6.54 Å². The molecule has 0 atom stereocenters. The summed E-state index contributed by atoms with van der Waals surface area (Å²) in [7, 11) is 3.09. The van der Waals surface area contributed by atoms with Crippen molar-refractivity contribution in [2.75, 3.05) is 19.1 Å². The van der Waals surface area contributed by atoms with Gasteiger partial charge in [0, 0.05) is 23.9 Å². The van der Waals surface area contributed by atoms with Crippen LogP contribution in [0.2, 0.25) is 0 Å². The Hall–Kier alpha value is -3.94. The number of hydrogen-bond acceptors (Lipinski definition) is 6. The van der Waals surface area contributed by atoms with Crippen molar-refractivity contribution in [3.8, 4) is 11.5 Å². The normalized spacial score (nSPS) is 10.3. The summed E-state index contributed by atoms with van der Waals surface area (Å²) < 4.78 is 10.6. The molecule has 3 rings (SSSR count). The van der Waals surface area contributed by atoms with E-state index in [1.165, 1.54) is 29.2 Å². The van der Waals surface area contributed by atoms with Crippen LogP contribution in [0, 0.1) is 10.1 Å². The maximum Gasteiger partial charge on any atom is 0.269 e. The predicted molar refractivity (Wildman–Crippen MR) is 107 cm³/mol. The minimum absolute atomic E-state index is 0.0779. The number of benzene rings is 2. The lowest BCUT2D eigenvalue weighted by molar-refractivity contribution is -0.384. The highest BCUT2D eigenvalue weighted by Crippen LogP contribution is 2.29. The van der Waals surface area contributed by atoms with Gasteiger partial charge in [0.2, 0.25) is 0 Å². The van der Waals surface area contributed by atoms with Crippen LogP contribution in [0.5, 0.6) is 11.5 Å². The maximum absolute atomic E-state index is 13.2. The summed E-state index contributed by atoms with van der Waals surface area (Å²) in [6.45, 7) is 0.229. The molecule has 1 heterocycles. The number of hydrogen-bond donors (Lipinski definition) is 0.